The lowest BCUT2D eigenvalue weighted by atomic mass is 10.1. The van der Waals surface area contributed by atoms with E-state index in [9.17, 15) is 5.11 Å². The van der Waals surface area contributed by atoms with Crippen molar-refractivity contribution in [1.29, 1.82) is 0 Å². The summed E-state index contributed by atoms with van der Waals surface area (Å²) < 4.78 is 11.6. The molecule has 29 heavy (non-hydrogen) atoms. The van der Waals surface area contributed by atoms with Crippen molar-refractivity contribution in [1.82, 2.24) is 10.2 Å². The van der Waals surface area contributed by atoms with Gasteiger partial charge in [0.05, 0.1) is 11.2 Å². The van der Waals surface area contributed by atoms with Gasteiger partial charge in [-0.2, -0.15) is 5.10 Å². The van der Waals surface area contributed by atoms with Crippen molar-refractivity contribution >= 4 is 23.2 Å². The molecule has 1 aromatic heterocycles. The Morgan fingerprint density at radius 1 is 0.897 bits per heavy atom. The van der Waals surface area contributed by atoms with Gasteiger partial charge in [-0.3, -0.25) is 5.10 Å². The Kier molecular flexibility index (Phi) is 5.60. The predicted molar refractivity (Wildman–Crippen MR) is 113 cm³/mol. The van der Waals surface area contributed by atoms with Crippen molar-refractivity contribution in [2.45, 2.75) is 6.61 Å². The largest absolute Gasteiger partial charge is 0.507 e. The van der Waals surface area contributed by atoms with Crippen LogP contribution in [-0.2, 0) is 6.61 Å². The first-order valence-corrected chi connectivity index (χ1v) is 9.53. The molecule has 0 amide bonds. The third kappa shape index (κ3) is 4.31. The van der Waals surface area contributed by atoms with Gasteiger partial charge in [0.1, 0.15) is 29.5 Å². The molecule has 146 valence electrons. The van der Waals surface area contributed by atoms with Crippen LogP contribution >= 0.6 is 23.2 Å². The Morgan fingerprint density at radius 2 is 1.66 bits per heavy atom. The number of phenols is 1. The monoisotopic (exact) mass is 426 g/mol. The molecule has 4 aromatic rings. The summed E-state index contributed by atoms with van der Waals surface area (Å²) in [5.41, 5.74) is 1.91. The van der Waals surface area contributed by atoms with Crippen LogP contribution in [0.2, 0.25) is 10.0 Å². The Hall–Kier alpha value is -3.15. The van der Waals surface area contributed by atoms with Crippen LogP contribution in [0.3, 0.4) is 0 Å². The van der Waals surface area contributed by atoms with Gasteiger partial charge in [0, 0.05) is 22.2 Å². The number of halogens is 2. The van der Waals surface area contributed by atoms with Crippen LogP contribution in [0.1, 0.15) is 5.56 Å². The van der Waals surface area contributed by atoms with E-state index in [0.717, 1.165) is 5.56 Å². The molecule has 0 saturated heterocycles. The van der Waals surface area contributed by atoms with E-state index < -0.39 is 0 Å². The van der Waals surface area contributed by atoms with Crippen LogP contribution in [0.4, 0.5) is 0 Å². The van der Waals surface area contributed by atoms with Gasteiger partial charge >= 0.3 is 0 Å². The molecule has 0 radical (unpaired) electrons. The minimum Gasteiger partial charge on any atom is -0.507 e. The number of benzene rings is 3. The second kappa shape index (κ2) is 8.47. The average molecular weight is 427 g/mol. The molecule has 7 heteroatoms. The Balaban J connectivity index is 1.54. The van der Waals surface area contributed by atoms with Crippen molar-refractivity contribution in [2.75, 3.05) is 0 Å². The number of aromatic hydroxyl groups is 1. The number of hydrogen-bond acceptors (Lipinski definition) is 4. The number of aromatic nitrogens is 2. The zero-order valence-electron chi connectivity index (χ0n) is 15.1. The molecule has 0 fully saturated rings. The predicted octanol–water partition coefficient (Wildman–Crippen LogP) is 6.46. The summed E-state index contributed by atoms with van der Waals surface area (Å²) in [7, 11) is 0. The van der Waals surface area contributed by atoms with E-state index in [4.69, 9.17) is 32.7 Å². The van der Waals surface area contributed by atoms with Gasteiger partial charge in [-0.25, -0.2) is 0 Å². The molecule has 0 aliphatic rings. The van der Waals surface area contributed by atoms with Gasteiger partial charge in [0.25, 0.3) is 0 Å². The maximum atomic E-state index is 10.5. The first-order chi connectivity index (χ1) is 14.1. The number of aromatic amines is 1. The molecule has 0 aliphatic heterocycles. The fraction of sp³-hybridized carbons (Fsp3) is 0.0455. The highest BCUT2D eigenvalue weighted by molar-refractivity contribution is 6.32. The van der Waals surface area contributed by atoms with Gasteiger partial charge in [0.2, 0.25) is 0 Å². The molecule has 3 aromatic carbocycles. The quantitative estimate of drug-likeness (QED) is 0.371. The normalized spacial score (nSPS) is 10.7. The van der Waals surface area contributed by atoms with E-state index >= 15 is 0 Å². The number of nitrogens with one attached hydrogen (secondary N) is 1. The van der Waals surface area contributed by atoms with Crippen molar-refractivity contribution < 1.29 is 14.6 Å². The van der Waals surface area contributed by atoms with Gasteiger partial charge in [-0.1, -0.05) is 53.5 Å². The Labute approximate surface area is 177 Å². The fourth-order valence-corrected chi connectivity index (χ4v) is 3.15. The average Bonchev–Trinajstić information content (AvgIpc) is 3.17. The van der Waals surface area contributed by atoms with Crippen molar-refractivity contribution in [3.8, 4) is 34.3 Å². The SMILES string of the molecule is Oc1cc(OCc2ccccc2Cl)ccc1-c1[nH]ncc1Oc1ccccc1Cl. The van der Waals surface area contributed by atoms with Crippen LogP contribution in [0, 0.1) is 0 Å². The minimum absolute atomic E-state index is 0.0231. The molecular formula is C22H16Cl2N2O3. The van der Waals surface area contributed by atoms with E-state index in [-0.39, 0.29) is 5.75 Å². The molecule has 0 saturated carbocycles. The third-order valence-corrected chi connectivity index (χ3v) is 4.93. The Morgan fingerprint density at radius 3 is 2.41 bits per heavy atom. The van der Waals surface area contributed by atoms with Gasteiger partial charge in [-0.15, -0.1) is 0 Å². The maximum absolute atomic E-state index is 10.5. The van der Waals surface area contributed by atoms with Crippen LogP contribution < -0.4 is 9.47 Å². The molecule has 0 atom stereocenters. The van der Waals surface area contributed by atoms with Crippen LogP contribution in [0.25, 0.3) is 11.3 Å². The summed E-state index contributed by atoms with van der Waals surface area (Å²) in [6.07, 6.45) is 1.53. The first kappa shape index (κ1) is 19.2. The van der Waals surface area contributed by atoms with E-state index in [2.05, 4.69) is 10.2 Å². The lowest BCUT2D eigenvalue weighted by Crippen LogP contribution is -1.96. The van der Waals surface area contributed by atoms with E-state index in [1.54, 1.807) is 30.3 Å². The second-order valence-electron chi connectivity index (χ2n) is 6.20. The number of rotatable bonds is 6. The van der Waals surface area contributed by atoms with Gasteiger partial charge in [0.15, 0.2) is 5.75 Å². The maximum Gasteiger partial charge on any atom is 0.173 e. The fourth-order valence-electron chi connectivity index (χ4n) is 2.78. The second-order valence-corrected chi connectivity index (χ2v) is 7.02. The van der Waals surface area contributed by atoms with E-state index in [1.807, 2.05) is 30.3 Å². The highest BCUT2D eigenvalue weighted by Gasteiger charge is 2.15. The van der Waals surface area contributed by atoms with Crippen molar-refractivity contribution in [3.63, 3.8) is 0 Å². The number of hydrogen-bond donors (Lipinski definition) is 2. The molecular weight excluding hydrogens is 411 g/mol. The van der Waals surface area contributed by atoms with Gasteiger partial charge < -0.3 is 14.6 Å². The number of H-pyrrole nitrogens is 1. The molecule has 0 unspecified atom stereocenters. The van der Waals surface area contributed by atoms with E-state index in [1.165, 1.54) is 12.3 Å². The number of para-hydroxylation sites is 1. The summed E-state index contributed by atoms with van der Waals surface area (Å²) in [6.45, 7) is 0.295. The summed E-state index contributed by atoms with van der Waals surface area (Å²) in [6, 6.07) is 19.6. The molecule has 1 heterocycles. The smallest absolute Gasteiger partial charge is 0.173 e. The zero-order chi connectivity index (χ0) is 20.2. The Bertz CT molecular complexity index is 1140. The summed E-state index contributed by atoms with van der Waals surface area (Å²) in [5.74, 6) is 1.48. The lowest BCUT2D eigenvalue weighted by molar-refractivity contribution is 0.304. The van der Waals surface area contributed by atoms with Crippen LogP contribution in [0.15, 0.2) is 72.9 Å². The topological polar surface area (TPSA) is 67.4 Å². The molecule has 4 rings (SSSR count). The standard InChI is InChI=1S/C22H16Cl2N2O3/c23-17-6-2-1-5-14(17)13-28-15-9-10-16(19(27)11-15)22-21(12-25-26-22)29-20-8-4-3-7-18(20)24/h1-12,27H,13H2,(H,25,26). The molecule has 2 N–H and O–H groups in total. The molecule has 0 spiro atoms. The number of ether oxygens (including phenoxy) is 2. The van der Waals surface area contributed by atoms with Crippen LogP contribution in [0.5, 0.6) is 23.0 Å². The number of nitrogens with zero attached hydrogens (tertiary/aromatic N) is 1. The molecule has 5 nitrogen and oxygen atoms in total. The molecule has 0 aliphatic carbocycles. The summed E-state index contributed by atoms with van der Waals surface area (Å²) >= 11 is 12.3. The lowest BCUT2D eigenvalue weighted by Gasteiger charge is -2.11. The zero-order valence-corrected chi connectivity index (χ0v) is 16.6. The van der Waals surface area contributed by atoms with Gasteiger partial charge in [-0.05, 0) is 30.3 Å². The highest BCUT2D eigenvalue weighted by Crippen LogP contribution is 2.39. The van der Waals surface area contributed by atoms with E-state index in [0.29, 0.717) is 45.2 Å². The van der Waals surface area contributed by atoms with Crippen molar-refractivity contribution in [3.05, 3.63) is 88.5 Å². The third-order valence-electron chi connectivity index (χ3n) is 4.25. The van der Waals surface area contributed by atoms with Crippen molar-refractivity contribution in [2.24, 2.45) is 0 Å². The number of phenolic OH excluding ortho intramolecular Hbond substituents is 1. The minimum atomic E-state index is 0.0231. The first-order valence-electron chi connectivity index (χ1n) is 8.77. The highest BCUT2D eigenvalue weighted by atomic mass is 35.5. The molecule has 0 bridgehead atoms. The van der Waals surface area contributed by atoms with Crippen LogP contribution in [-0.4, -0.2) is 15.3 Å². The summed E-state index contributed by atoms with van der Waals surface area (Å²) in [4.78, 5) is 0. The summed E-state index contributed by atoms with van der Waals surface area (Å²) in [5, 5.41) is 18.5.